The van der Waals surface area contributed by atoms with E-state index in [9.17, 15) is 13.2 Å². The molecule has 0 N–H and O–H groups in total. The zero-order valence-electron chi connectivity index (χ0n) is 25.4. The molecule has 6 aliphatic rings. The van der Waals surface area contributed by atoms with E-state index in [1.54, 1.807) is 12.1 Å². The molecule has 6 nitrogen and oxygen atoms in total. The Balaban J connectivity index is 1.08. The third-order valence-corrected chi connectivity index (χ3v) is 14.7. The lowest BCUT2D eigenvalue weighted by atomic mass is 9.44. The van der Waals surface area contributed by atoms with Gasteiger partial charge in [-0.15, -0.1) is 0 Å². The second-order valence-corrected chi connectivity index (χ2v) is 16.9. The molecule has 7 rings (SSSR count). The third-order valence-electron chi connectivity index (χ3n) is 13.3. The van der Waals surface area contributed by atoms with Gasteiger partial charge in [0.1, 0.15) is 5.78 Å². The van der Waals surface area contributed by atoms with Gasteiger partial charge in [0, 0.05) is 30.1 Å². The first-order valence-corrected chi connectivity index (χ1v) is 17.6. The van der Waals surface area contributed by atoms with Gasteiger partial charge in [0.2, 0.25) is 0 Å². The molecule has 0 unspecified atom stereocenters. The van der Waals surface area contributed by atoms with E-state index in [0.29, 0.717) is 41.8 Å². The van der Waals surface area contributed by atoms with Crippen molar-refractivity contribution in [3.63, 3.8) is 0 Å². The fourth-order valence-corrected chi connectivity index (χ4v) is 12.1. The van der Waals surface area contributed by atoms with Crippen LogP contribution in [0, 0.1) is 59.2 Å². The van der Waals surface area contributed by atoms with E-state index < -0.39 is 15.9 Å². The molecule has 4 aliphatic carbocycles. The lowest BCUT2D eigenvalue weighted by Gasteiger charge is -2.60. The van der Waals surface area contributed by atoms with Crippen LogP contribution >= 0.6 is 0 Å². The largest absolute Gasteiger partial charge is 0.349 e. The van der Waals surface area contributed by atoms with Gasteiger partial charge in [-0.2, -0.15) is 8.42 Å². The molecule has 1 aromatic rings. The average molecular weight is 585 g/mol. The molecule has 12 atom stereocenters. The summed E-state index contributed by atoms with van der Waals surface area (Å²) < 4.78 is 45.2. The smallest absolute Gasteiger partial charge is 0.297 e. The van der Waals surface area contributed by atoms with Crippen LogP contribution in [0.25, 0.3) is 0 Å². The molecule has 6 fully saturated rings. The van der Waals surface area contributed by atoms with Crippen LogP contribution in [-0.2, 0) is 28.6 Å². The second-order valence-electron chi connectivity index (χ2n) is 15.3. The van der Waals surface area contributed by atoms with Crippen molar-refractivity contribution in [3.05, 3.63) is 29.8 Å². The van der Waals surface area contributed by atoms with Crippen molar-refractivity contribution in [2.24, 2.45) is 52.3 Å². The second kappa shape index (κ2) is 9.61. The van der Waals surface area contributed by atoms with E-state index in [-0.39, 0.29) is 39.8 Å². The molecule has 2 saturated heterocycles. The minimum absolute atomic E-state index is 0.0431. The van der Waals surface area contributed by atoms with Crippen LogP contribution in [-0.4, -0.2) is 38.8 Å². The van der Waals surface area contributed by atoms with Gasteiger partial charge in [-0.1, -0.05) is 45.4 Å². The third kappa shape index (κ3) is 4.18. The maximum atomic E-state index is 14.3. The Hall–Kier alpha value is -1.28. The van der Waals surface area contributed by atoms with Gasteiger partial charge in [-0.3, -0.25) is 8.98 Å². The van der Waals surface area contributed by atoms with Crippen molar-refractivity contribution in [2.45, 2.75) is 115 Å². The summed E-state index contributed by atoms with van der Waals surface area (Å²) in [6.45, 7) is 11.9. The van der Waals surface area contributed by atoms with Crippen molar-refractivity contribution in [2.75, 3.05) is 6.61 Å². The van der Waals surface area contributed by atoms with E-state index in [4.69, 9.17) is 13.7 Å². The topological polar surface area (TPSA) is 78.9 Å². The number of hydrogen-bond acceptors (Lipinski definition) is 6. The van der Waals surface area contributed by atoms with E-state index in [1.807, 2.05) is 19.1 Å². The minimum Gasteiger partial charge on any atom is -0.349 e. The number of hydrogen-bond donors (Lipinski definition) is 0. The Morgan fingerprint density at radius 3 is 2.41 bits per heavy atom. The summed E-state index contributed by atoms with van der Waals surface area (Å²) >= 11 is 0. The molecule has 1 aromatic carbocycles. The number of aryl methyl sites for hydroxylation is 1. The zero-order valence-corrected chi connectivity index (χ0v) is 26.3. The monoisotopic (exact) mass is 584 g/mol. The normalized spacial score (nSPS) is 49.3. The molecule has 226 valence electrons. The predicted octanol–water partition coefficient (Wildman–Crippen LogP) is 6.69. The fourth-order valence-electron chi connectivity index (χ4n) is 10.9. The number of carbonyl (C=O) groups is 1. The summed E-state index contributed by atoms with van der Waals surface area (Å²) in [5.41, 5.74) is 0.726. The molecule has 1 spiro atoms. The highest BCUT2D eigenvalue weighted by Crippen LogP contribution is 2.70. The van der Waals surface area contributed by atoms with Gasteiger partial charge in [-0.25, -0.2) is 0 Å². The van der Waals surface area contributed by atoms with Crippen molar-refractivity contribution in [1.29, 1.82) is 0 Å². The molecule has 2 aliphatic heterocycles. The van der Waals surface area contributed by atoms with Gasteiger partial charge >= 0.3 is 0 Å². The average Bonchev–Trinajstić information content (AvgIpc) is 3.38. The van der Waals surface area contributed by atoms with Crippen molar-refractivity contribution in [1.82, 2.24) is 0 Å². The van der Waals surface area contributed by atoms with E-state index in [1.165, 1.54) is 0 Å². The van der Waals surface area contributed by atoms with Gasteiger partial charge in [0.15, 0.2) is 5.79 Å². The maximum Gasteiger partial charge on any atom is 0.297 e. The molecule has 7 heteroatoms. The first-order valence-electron chi connectivity index (χ1n) is 16.2. The van der Waals surface area contributed by atoms with Gasteiger partial charge < -0.3 is 9.47 Å². The van der Waals surface area contributed by atoms with Gasteiger partial charge in [0.25, 0.3) is 10.1 Å². The standard InChI is InChI=1S/C34H48O6S/c1-20-6-9-25(10-7-20)41(36,37)40-24-13-14-32(4)23(16-24)8-11-26-27(32)18-30(35)33(5)28(26)17-29-31(33)22(3)34(39-29)15-12-21(2)19-38-34/h6-7,9-10,21-24,26-29,31H,8,11-19H2,1-5H3/t21-,22-,23-,24+,26+,27-,28-,29+,31-,32-,33+,34+/m0/s1. The SMILES string of the molecule is Cc1ccc(S(=O)(=O)O[C@@H]2CC[C@@]3(C)[C@@H](CC[C@@H]4[C@@H]3CC(=O)[C@]3(C)[C@@H]5[C@@H](C[C@@H]43)O[C@]3(CC[C@H](C)CO3)[C@H]5C)C2)cc1. The minimum atomic E-state index is -3.79. The molecule has 4 saturated carbocycles. The van der Waals surface area contributed by atoms with E-state index in [2.05, 4.69) is 27.7 Å². The Labute approximate surface area is 246 Å². The van der Waals surface area contributed by atoms with E-state index in [0.717, 1.165) is 63.5 Å². The van der Waals surface area contributed by atoms with Crippen LogP contribution in [0.2, 0.25) is 0 Å². The Morgan fingerprint density at radius 2 is 1.71 bits per heavy atom. The van der Waals surface area contributed by atoms with E-state index >= 15 is 0 Å². The molecule has 0 radical (unpaired) electrons. The Kier molecular flexibility index (Phi) is 6.68. The Morgan fingerprint density at radius 1 is 0.951 bits per heavy atom. The summed E-state index contributed by atoms with van der Waals surface area (Å²) in [6, 6.07) is 6.90. The van der Waals surface area contributed by atoms with Crippen LogP contribution in [0.1, 0.15) is 91.0 Å². The van der Waals surface area contributed by atoms with Crippen LogP contribution in [0.4, 0.5) is 0 Å². The summed E-state index contributed by atoms with van der Waals surface area (Å²) in [5, 5.41) is 0. The summed E-state index contributed by atoms with van der Waals surface area (Å²) in [6.07, 6.45) is 8.09. The maximum absolute atomic E-state index is 14.3. The number of ketones is 1. The number of benzene rings is 1. The first kappa shape index (κ1) is 28.5. The molecular weight excluding hydrogens is 536 g/mol. The van der Waals surface area contributed by atoms with Crippen LogP contribution in [0.15, 0.2) is 29.2 Å². The molecule has 0 bridgehead atoms. The molecular formula is C34H48O6S. The van der Waals surface area contributed by atoms with Crippen LogP contribution in [0.3, 0.4) is 0 Å². The zero-order chi connectivity index (χ0) is 28.9. The highest BCUT2D eigenvalue weighted by molar-refractivity contribution is 7.86. The van der Waals surface area contributed by atoms with Gasteiger partial charge in [-0.05, 0) is 99.0 Å². The Bertz CT molecular complexity index is 1300. The fraction of sp³-hybridized carbons (Fsp3) is 0.794. The number of carbonyl (C=O) groups excluding carboxylic acids is 1. The first-order chi connectivity index (χ1) is 19.4. The number of fused-ring (bicyclic) bond motifs is 7. The number of ether oxygens (including phenoxy) is 2. The summed E-state index contributed by atoms with van der Waals surface area (Å²) in [4.78, 5) is 14.5. The quantitative estimate of drug-likeness (QED) is 0.368. The molecule has 0 amide bonds. The highest BCUT2D eigenvalue weighted by Gasteiger charge is 2.71. The summed E-state index contributed by atoms with van der Waals surface area (Å²) in [7, 11) is -3.79. The van der Waals surface area contributed by atoms with Crippen molar-refractivity contribution >= 4 is 15.9 Å². The lowest BCUT2D eigenvalue weighted by Crippen LogP contribution is -2.58. The predicted molar refractivity (Wildman–Crippen MR) is 155 cm³/mol. The lowest BCUT2D eigenvalue weighted by molar-refractivity contribution is -0.272. The van der Waals surface area contributed by atoms with Crippen molar-refractivity contribution < 1.29 is 26.9 Å². The highest BCUT2D eigenvalue weighted by atomic mass is 32.2. The summed E-state index contributed by atoms with van der Waals surface area (Å²) in [5.74, 6) is 2.58. The number of Topliss-reactive ketones (excluding diaryl/α,β-unsaturated/α-hetero) is 1. The van der Waals surface area contributed by atoms with Gasteiger partial charge in [0.05, 0.1) is 23.7 Å². The van der Waals surface area contributed by atoms with Crippen LogP contribution in [0.5, 0.6) is 0 Å². The molecule has 41 heavy (non-hydrogen) atoms. The molecule has 0 aromatic heterocycles. The number of rotatable bonds is 3. The van der Waals surface area contributed by atoms with Crippen molar-refractivity contribution in [3.8, 4) is 0 Å². The van der Waals surface area contributed by atoms with Crippen LogP contribution < -0.4 is 0 Å². The molecule has 2 heterocycles.